The van der Waals surface area contributed by atoms with Crippen LogP contribution in [0.4, 0.5) is 0 Å². The Bertz CT molecular complexity index is 779. The van der Waals surface area contributed by atoms with E-state index in [1.165, 1.54) is 11.6 Å². The van der Waals surface area contributed by atoms with Gasteiger partial charge >= 0.3 is 0 Å². The maximum Gasteiger partial charge on any atom is 0.244 e. The van der Waals surface area contributed by atoms with Crippen LogP contribution in [0, 0.1) is 6.92 Å². The van der Waals surface area contributed by atoms with Crippen molar-refractivity contribution in [3.8, 4) is 0 Å². The Labute approximate surface area is 142 Å². The normalized spacial score (nSPS) is 20.1. The summed E-state index contributed by atoms with van der Waals surface area (Å²) in [7, 11) is 1.86. The number of fused-ring (bicyclic) bond motifs is 1. The summed E-state index contributed by atoms with van der Waals surface area (Å²) in [4.78, 5) is 12.1. The van der Waals surface area contributed by atoms with Crippen LogP contribution in [0.1, 0.15) is 35.2 Å². The van der Waals surface area contributed by atoms with Crippen molar-refractivity contribution in [2.45, 2.75) is 31.8 Å². The number of nitrogens with one attached hydrogen (secondary N) is 1. The van der Waals surface area contributed by atoms with E-state index in [1.54, 1.807) is 17.0 Å². The van der Waals surface area contributed by atoms with Crippen molar-refractivity contribution in [1.82, 2.24) is 15.1 Å². The first-order valence-electron chi connectivity index (χ1n) is 8.25. The number of aryl methyl sites for hydroxylation is 2. The summed E-state index contributed by atoms with van der Waals surface area (Å²) >= 11 is 0. The maximum atomic E-state index is 12.1. The minimum atomic E-state index is -0.984. The predicted octanol–water partition coefficient (Wildman–Crippen LogP) is 2.08. The van der Waals surface area contributed by atoms with E-state index >= 15 is 0 Å². The fourth-order valence-electron chi connectivity index (χ4n) is 3.22. The number of aromatic nitrogens is 2. The molecule has 0 radical (unpaired) electrons. The highest BCUT2D eigenvalue weighted by Crippen LogP contribution is 2.34. The van der Waals surface area contributed by atoms with Crippen molar-refractivity contribution in [1.29, 1.82) is 0 Å². The predicted molar refractivity (Wildman–Crippen MR) is 93.3 cm³/mol. The molecule has 5 heteroatoms. The molecule has 1 aliphatic rings. The fraction of sp³-hybridized carbons (Fsp3) is 0.368. The minimum absolute atomic E-state index is 0.213. The van der Waals surface area contributed by atoms with Crippen LogP contribution in [0.5, 0.6) is 0 Å². The molecule has 0 spiro atoms. The molecular weight excluding hydrogens is 302 g/mol. The highest BCUT2D eigenvalue weighted by atomic mass is 16.3. The SMILES string of the molecule is Cc1c(/C=C/C(=O)NCC2(O)CCCc3ccccc32)cnn1C. The van der Waals surface area contributed by atoms with Crippen molar-refractivity contribution < 1.29 is 9.90 Å². The van der Waals surface area contributed by atoms with Gasteiger partial charge in [-0.3, -0.25) is 9.48 Å². The number of aliphatic hydroxyl groups is 1. The van der Waals surface area contributed by atoms with Gasteiger partial charge in [0.15, 0.2) is 0 Å². The van der Waals surface area contributed by atoms with Gasteiger partial charge in [0, 0.05) is 24.4 Å². The largest absolute Gasteiger partial charge is 0.383 e. The molecule has 0 saturated carbocycles. The third-order valence-electron chi connectivity index (χ3n) is 4.80. The molecule has 1 aromatic heterocycles. The molecule has 24 heavy (non-hydrogen) atoms. The van der Waals surface area contributed by atoms with Gasteiger partial charge in [0.25, 0.3) is 0 Å². The summed E-state index contributed by atoms with van der Waals surface area (Å²) in [6.07, 6.45) is 7.53. The monoisotopic (exact) mass is 325 g/mol. The average Bonchev–Trinajstić information content (AvgIpc) is 2.91. The van der Waals surface area contributed by atoms with E-state index in [0.29, 0.717) is 6.42 Å². The molecule has 2 aromatic rings. The van der Waals surface area contributed by atoms with E-state index in [2.05, 4.69) is 10.4 Å². The molecule has 1 atom stereocenters. The van der Waals surface area contributed by atoms with Crippen molar-refractivity contribution in [3.63, 3.8) is 0 Å². The van der Waals surface area contributed by atoms with Crippen LogP contribution >= 0.6 is 0 Å². The molecule has 0 bridgehead atoms. The van der Waals surface area contributed by atoms with Crippen LogP contribution in [0.25, 0.3) is 6.08 Å². The van der Waals surface area contributed by atoms with Crippen LogP contribution in [-0.2, 0) is 23.9 Å². The molecule has 1 heterocycles. The van der Waals surface area contributed by atoms with Gasteiger partial charge in [-0.05, 0) is 43.4 Å². The average molecular weight is 325 g/mol. The molecule has 0 fully saturated rings. The molecular formula is C19H23N3O2. The van der Waals surface area contributed by atoms with E-state index in [0.717, 1.165) is 29.7 Å². The van der Waals surface area contributed by atoms with Crippen LogP contribution in [0.3, 0.4) is 0 Å². The number of carbonyl (C=O) groups is 1. The van der Waals surface area contributed by atoms with E-state index < -0.39 is 5.60 Å². The first kappa shape index (κ1) is 16.5. The number of nitrogens with zero attached hydrogens (tertiary/aromatic N) is 2. The maximum absolute atomic E-state index is 12.1. The summed E-state index contributed by atoms with van der Waals surface area (Å²) in [5, 5.41) is 17.9. The molecule has 3 rings (SSSR count). The van der Waals surface area contributed by atoms with Crippen LogP contribution in [0.2, 0.25) is 0 Å². The van der Waals surface area contributed by atoms with Crippen molar-refractivity contribution in [2.75, 3.05) is 6.54 Å². The van der Waals surface area contributed by atoms with Gasteiger partial charge in [-0.25, -0.2) is 0 Å². The van der Waals surface area contributed by atoms with Gasteiger partial charge in [0.1, 0.15) is 5.60 Å². The Morgan fingerprint density at radius 1 is 1.46 bits per heavy atom. The molecule has 1 unspecified atom stereocenters. The van der Waals surface area contributed by atoms with Crippen LogP contribution in [-0.4, -0.2) is 27.3 Å². The topological polar surface area (TPSA) is 67.2 Å². The molecule has 126 valence electrons. The van der Waals surface area contributed by atoms with Gasteiger partial charge in [0.2, 0.25) is 5.91 Å². The molecule has 0 aliphatic heterocycles. The Kier molecular flexibility index (Phi) is 4.53. The summed E-state index contributed by atoms with van der Waals surface area (Å²) in [6.45, 7) is 2.17. The van der Waals surface area contributed by atoms with E-state index in [4.69, 9.17) is 0 Å². The second kappa shape index (κ2) is 6.61. The zero-order valence-electron chi connectivity index (χ0n) is 14.1. The quantitative estimate of drug-likeness (QED) is 0.846. The number of amides is 1. The van der Waals surface area contributed by atoms with Gasteiger partial charge in [-0.15, -0.1) is 0 Å². The first-order valence-corrected chi connectivity index (χ1v) is 8.25. The standard InChI is InChI=1S/C19H23N3O2/c1-14-16(12-21-22(14)2)9-10-18(23)20-13-19(24)11-5-7-15-6-3-4-8-17(15)19/h3-4,6,8-10,12,24H,5,7,11,13H2,1-2H3,(H,20,23)/b10-9+. The third kappa shape index (κ3) is 3.26. The lowest BCUT2D eigenvalue weighted by Crippen LogP contribution is -2.42. The minimum Gasteiger partial charge on any atom is -0.383 e. The number of hydrogen-bond acceptors (Lipinski definition) is 3. The highest BCUT2D eigenvalue weighted by molar-refractivity contribution is 5.91. The lowest BCUT2D eigenvalue weighted by Gasteiger charge is -2.34. The fourth-order valence-corrected chi connectivity index (χ4v) is 3.22. The Morgan fingerprint density at radius 3 is 3.00 bits per heavy atom. The molecule has 5 nitrogen and oxygen atoms in total. The molecule has 1 aliphatic carbocycles. The van der Waals surface area contributed by atoms with E-state index in [1.807, 2.05) is 38.2 Å². The zero-order chi connectivity index (χ0) is 17.2. The van der Waals surface area contributed by atoms with Crippen LogP contribution < -0.4 is 5.32 Å². The second-order valence-electron chi connectivity index (χ2n) is 6.40. The Balaban J connectivity index is 1.65. The van der Waals surface area contributed by atoms with E-state index in [9.17, 15) is 9.90 Å². The zero-order valence-corrected chi connectivity index (χ0v) is 14.1. The highest BCUT2D eigenvalue weighted by Gasteiger charge is 2.34. The van der Waals surface area contributed by atoms with Gasteiger partial charge in [-0.2, -0.15) is 5.10 Å². The Hall–Kier alpha value is -2.40. The van der Waals surface area contributed by atoms with Crippen LogP contribution in [0.15, 0.2) is 36.5 Å². The summed E-state index contributed by atoms with van der Waals surface area (Å²) < 4.78 is 1.76. The van der Waals surface area contributed by atoms with Crippen molar-refractivity contribution >= 4 is 12.0 Å². The van der Waals surface area contributed by atoms with Gasteiger partial charge < -0.3 is 10.4 Å². The second-order valence-corrected chi connectivity index (χ2v) is 6.40. The van der Waals surface area contributed by atoms with Crippen molar-refractivity contribution in [3.05, 3.63) is 58.9 Å². The third-order valence-corrected chi connectivity index (χ3v) is 4.80. The van der Waals surface area contributed by atoms with Gasteiger partial charge in [-0.1, -0.05) is 24.3 Å². The number of hydrogen-bond donors (Lipinski definition) is 2. The molecule has 0 saturated heterocycles. The molecule has 1 aromatic carbocycles. The molecule has 1 amide bonds. The number of rotatable bonds is 4. The number of carbonyl (C=O) groups excluding carboxylic acids is 1. The van der Waals surface area contributed by atoms with Crippen molar-refractivity contribution in [2.24, 2.45) is 7.05 Å². The summed E-state index contributed by atoms with van der Waals surface area (Å²) in [6, 6.07) is 7.92. The lowest BCUT2D eigenvalue weighted by atomic mass is 9.79. The Morgan fingerprint density at radius 2 is 2.25 bits per heavy atom. The molecule has 2 N–H and O–H groups in total. The first-order chi connectivity index (χ1) is 11.5. The summed E-state index contributed by atoms with van der Waals surface area (Å²) in [5.74, 6) is -0.213. The summed E-state index contributed by atoms with van der Waals surface area (Å²) in [5.41, 5.74) is 3.03. The van der Waals surface area contributed by atoms with Gasteiger partial charge in [0.05, 0.1) is 12.7 Å². The van der Waals surface area contributed by atoms with E-state index in [-0.39, 0.29) is 12.5 Å². The lowest BCUT2D eigenvalue weighted by molar-refractivity contribution is -0.118. The smallest absolute Gasteiger partial charge is 0.244 e. The number of benzene rings is 1.